The Kier molecular flexibility index (Phi) is 3.61. The monoisotopic (exact) mass is 236 g/mol. The van der Waals surface area contributed by atoms with Crippen molar-refractivity contribution in [2.24, 2.45) is 15.7 Å². The van der Waals surface area contributed by atoms with E-state index in [1.807, 2.05) is 10.3 Å². The van der Waals surface area contributed by atoms with E-state index in [1.54, 1.807) is 0 Å². The van der Waals surface area contributed by atoms with E-state index in [4.69, 9.17) is 5.73 Å². The third kappa shape index (κ3) is 2.93. The number of hydrogen-bond acceptors (Lipinski definition) is 7. The second kappa shape index (κ2) is 5.12. The zero-order valence-electron chi connectivity index (χ0n) is 8.05. The fraction of sp³-hybridized carbons (Fsp3) is 0. The molecule has 0 saturated heterocycles. The lowest BCUT2D eigenvalue weighted by Crippen LogP contribution is -2.23. The highest BCUT2D eigenvalue weighted by Gasteiger charge is 2.13. The highest BCUT2D eigenvalue weighted by Crippen LogP contribution is 2.29. The van der Waals surface area contributed by atoms with Gasteiger partial charge in [0.2, 0.25) is 12.2 Å². The SMILES string of the molecule is NC(=O)Nc1nc(=O)[nH]c(N=C=O)c1N=C=O. The number of primary amides is 1. The molecule has 0 atom stereocenters. The molecule has 0 saturated carbocycles. The number of urea groups is 1. The Hall–Kier alpha value is -3.09. The number of rotatable bonds is 3. The van der Waals surface area contributed by atoms with E-state index in [1.165, 1.54) is 0 Å². The molecule has 10 nitrogen and oxygen atoms in total. The highest BCUT2D eigenvalue weighted by molar-refractivity contribution is 5.91. The summed E-state index contributed by atoms with van der Waals surface area (Å²) in [6.07, 6.45) is 2.28. The van der Waals surface area contributed by atoms with Crippen LogP contribution in [-0.2, 0) is 9.59 Å². The molecule has 0 aliphatic carbocycles. The highest BCUT2D eigenvalue weighted by atomic mass is 16.2. The van der Waals surface area contributed by atoms with Crippen molar-refractivity contribution in [2.45, 2.75) is 0 Å². The Morgan fingerprint density at radius 1 is 1.35 bits per heavy atom. The van der Waals surface area contributed by atoms with Crippen molar-refractivity contribution in [1.29, 1.82) is 0 Å². The summed E-state index contributed by atoms with van der Waals surface area (Å²) in [4.78, 5) is 53.4. The number of nitrogens with zero attached hydrogens (tertiary/aromatic N) is 3. The lowest BCUT2D eigenvalue weighted by atomic mass is 10.4. The third-order valence-corrected chi connectivity index (χ3v) is 1.44. The van der Waals surface area contributed by atoms with Gasteiger partial charge < -0.3 is 5.73 Å². The second-order valence-electron chi connectivity index (χ2n) is 2.48. The van der Waals surface area contributed by atoms with E-state index in [0.717, 1.165) is 12.2 Å². The number of isocyanates is 2. The van der Waals surface area contributed by atoms with E-state index in [-0.39, 0.29) is 5.69 Å². The lowest BCUT2D eigenvalue weighted by molar-refractivity contribution is 0.259. The molecule has 0 fully saturated rings. The maximum absolute atomic E-state index is 11.0. The quantitative estimate of drug-likeness (QED) is 0.461. The van der Waals surface area contributed by atoms with Crippen molar-refractivity contribution in [3.63, 3.8) is 0 Å². The molecule has 1 aromatic heterocycles. The van der Waals surface area contributed by atoms with Crippen molar-refractivity contribution < 1.29 is 14.4 Å². The molecule has 0 radical (unpaired) electrons. The van der Waals surface area contributed by atoms with Crippen molar-refractivity contribution >= 4 is 35.5 Å². The minimum atomic E-state index is -1.04. The molecule has 0 unspecified atom stereocenters. The van der Waals surface area contributed by atoms with Crippen LogP contribution in [0.3, 0.4) is 0 Å². The third-order valence-electron chi connectivity index (χ3n) is 1.44. The van der Waals surface area contributed by atoms with Crippen molar-refractivity contribution in [2.75, 3.05) is 5.32 Å². The maximum Gasteiger partial charge on any atom is 0.348 e. The maximum atomic E-state index is 11.0. The molecule has 1 rings (SSSR count). The number of aromatic nitrogens is 2. The van der Waals surface area contributed by atoms with Gasteiger partial charge in [-0.3, -0.25) is 10.3 Å². The molecule has 1 aromatic rings. The molecular weight excluding hydrogens is 232 g/mol. The van der Waals surface area contributed by atoms with Gasteiger partial charge >= 0.3 is 11.7 Å². The number of aromatic amines is 1. The summed E-state index contributed by atoms with van der Waals surface area (Å²) in [5.41, 5.74) is 3.53. The van der Waals surface area contributed by atoms with E-state index in [9.17, 15) is 19.2 Å². The molecule has 0 bridgehead atoms. The first-order valence-corrected chi connectivity index (χ1v) is 3.95. The molecule has 0 aromatic carbocycles. The minimum absolute atomic E-state index is 0.359. The molecule has 86 valence electrons. The van der Waals surface area contributed by atoms with Crippen LogP contribution in [0.15, 0.2) is 14.8 Å². The van der Waals surface area contributed by atoms with Crippen LogP contribution in [0.1, 0.15) is 0 Å². The number of nitrogens with two attached hydrogens (primary N) is 1. The number of amides is 2. The summed E-state index contributed by atoms with van der Waals surface area (Å²) in [5.74, 6) is -0.814. The Bertz CT molecular complexity index is 607. The van der Waals surface area contributed by atoms with Gasteiger partial charge in [-0.1, -0.05) is 0 Å². The summed E-state index contributed by atoms with van der Waals surface area (Å²) in [6, 6.07) is -1.04. The summed E-state index contributed by atoms with van der Waals surface area (Å²) < 4.78 is 0. The molecule has 4 N–H and O–H groups in total. The number of anilines is 1. The summed E-state index contributed by atoms with van der Waals surface area (Å²) in [5, 5.41) is 1.94. The Morgan fingerprint density at radius 3 is 2.53 bits per heavy atom. The molecule has 0 aliphatic heterocycles. The number of carbonyl (C=O) groups is 1. The standard InChI is InChI=1S/C7H4N6O4/c8-6(16)11-5-3(9-1-14)4(10-2-15)12-7(17)13-5/h(H4,8,11,12,13,16,17). The average molecular weight is 236 g/mol. The molecule has 0 spiro atoms. The van der Waals surface area contributed by atoms with Gasteiger partial charge in [-0.15, -0.1) is 4.99 Å². The number of hydrogen-bond donors (Lipinski definition) is 3. The van der Waals surface area contributed by atoms with Gasteiger partial charge in [-0.2, -0.15) is 9.98 Å². The van der Waals surface area contributed by atoms with Crippen molar-refractivity contribution in [3.8, 4) is 0 Å². The van der Waals surface area contributed by atoms with Crippen LogP contribution < -0.4 is 16.7 Å². The Balaban J connectivity index is 3.55. The predicted molar refractivity (Wildman–Crippen MR) is 53.6 cm³/mol. The summed E-state index contributed by atoms with van der Waals surface area (Å²) in [7, 11) is 0. The first-order chi connectivity index (χ1) is 8.08. The van der Waals surface area contributed by atoms with Gasteiger partial charge in [0, 0.05) is 0 Å². The van der Waals surface area contributed by atoms with Crippen LogP contribution in [0.2, 0.25) is 0 Å². The first-order valence-electron chi connectivity index (χ1n) is 3.95. The van der Waals surface area contributed by atoms with Gasteiger partial charge in [-0.05, 0) is 0 Å². The average Bonchev–Trinajstić information content (AvgIpc) is 2.22. The van der Waals surface area contributed by atoms with E-state index < -0.39 is 23.4 Å². The van der Waals surface area contributed by atoms with Gasteiger partial charge in [0.15, 0.2) is 17.3 Å². The van der Waals surface area contributed by atoms with Crippen LogP contribution in [0.4, 0.5) is 22.1 Å². The van der Waals surface area contributed by atoms with Gasteiger partial charge in [0.1, 0.15) is 0 Å². The van der Waals surface area contributed by atoms with E-state index in [0.29, 0.717) is 0 Å². The van der Waals surface area contributed by atoms with Crippen molar-refractivity contribution in [1.82, 2.24) is 9.97 Å². The van der Waals surface area contributed by atoms with Crippen LogP contribution >= 0.6 is 0 Å². The van der Waals surface area contributed by atoms with Crippen LogP contribution in [0, 0.1) is 0 Å². The zero-order chi connectivity index (χ0) is 12.8. The molecule has 10 heteroatoms. The Labute approximate surface area is 92.3 Å². The topological polar surface area (TPSA) is 160 Å². The fourth-order valence-corrected chi connectivity index (χ4v) is 0.937. The molecule has 2 amide bonds. The summed E-state index contributed by atoms with van der Waals surface area (Å²) in [6.45, 7) is 0. The predicted octanol–water partition coefficient (Wildman–Crippen LogP) is -0.805. The number of carbonyl (C=O) groups excluding carboxylic acids is 3. The molecule has 17 heavy (non-hydrogen) atoms. The van der Waals surface area contributed by atoms with E-state index >= 15 is 0 Å². The van der Waals surface area contributed by atoms with Crippen LogP contribution in [0.25, 0.3) is 0 Å². The Morgan fingerprint density at radius 2 is 2.00 bits per heavy atom. The van der Waals surface area contributed by atoms with Crippen LogP contribution in [-0.4, -0.2) is 28.2 Å². The number of nitrogens with one attached hydrogen (secondary N) is 2. The largest absolute Gasteiger partial charge is 0.351 e. The van der Waals surface area contributed by atoms with E-state index in [2.05, 4.69) is 15.0 Å². The van der Waals surface area contributed by atoms with Crippen molar-refractivity contribution in [3.05, 3.63) is 10.5 Å². The first kappa shape index (κ1) is 12.0. The van der Waals surface area contributed by atoms with Gasteiger partial charge in [0.05, 0.1) is 0 Å². The molecule has 1 heterocycles. The van der Waals surface area contributed by atoms with Gasteiger partial charge in [-0.25, -0.2) is 19.2 Å². The smallest absolute Gasteiger partial charge is 0.348 e. The van der Waals surface area contributed by atoms with Crippen LogP contribution in [0.5, 0.6) is 0 Å². The molecule has 0 aliphatic rings. The minimum Gasteiger partial charge on any atom is -0.351 e. The fourth-order valence-electron chi connectivity index (χ4n) is 0.937. The number of aliphatic imine (C=N–C) groups is 2. The zero-order valence-corrected chi connectivity index (χ0v) is 8.05. The normalized spacial score (nSPS) is 8.71. The number of H-pyrrole nitrogens is 1. The lowest BCUT2D eigenvalue weighted by Gasteiger charge is -2.03. The van der Waals surface area contributed by atoms with Gasteiger partial charge in [0.25, 0.3) is 0 Å². The molecular formula is C7H4N6O4. The summed E-state index contributed by atoms with van der Waals surface area (Å²) >= 11 is 0. The second-order valence-corrected chi connectivity index (χ2v) is 2.48.